The van der Waals surface area contributed by atoms with Crippen LogP contribution in [0.5, 0.6) is 0 Å². The molecule has 0 fully saturated rings. The number of aliphatic hydroxyl groups is 1. The number of esters is 1. The number of aliphatic hydroxyl groups excluding tert-OH is 1. The summed E-state index contributed by atoms with van der Waals surface area (Å²) in [6.07, 6.45) is -0.910. The van der Waals surface area contributed by atoms with Crippen LogP contribution in [0.2, 0.25) is 5.02 Å². The van der Waals surface area contributed by atoms with E-state index in [0.29, 0.717) is 10.7 Å². The van der Waals surface area contributed by atoms with Gasteiger partial charge in [0.15, 0.2) is 6.10 Å². The highest BCUT2D eigenvalue weighted by atomic mass is 35.5. The summed E-state index contributed by atoms with van der Waals surface area (Å²) in [5.74, 6) is -0.435. The molecule has 0 aliphatic heterocycles. The van der Waals surface area contributed by atoms with Crippen molar-refractivity contribution in [1.82, 2.24) is 4.98 Å². The van der Waals surface area contributed by atoms with Gasteiger partial charge in [-0.15, -0.1) is 0 Å². The quantitative estimate of drug-likeness (QED) is 0.491. The molecule has 3 aromatic rings. The molecule has 0 saturated carbocycles. The summed E-state index contributed by atoms with van der Waals surface area (Å²) >= 11 is 6.13. The highest BCUT2D eigenvalue weighted by Crippen LogP contribution is 2.40. The average molecular weight is 442 g/mol. The number of fused-ring (bicyclic) bond motifs is 1. The molecular weight excluding hydrogens is 414 g/mol. The molecule has 0 amide bonds. The second kappa shape index (κ2) is 9.35. The number of hydrogen-bond acceptors (Lipinski definition) is 5. The van der Waals surface area contributed by atoms with Gasteiger partial charge in [0, 0.05) is 16.0 Å². The minimum Gasteiger partial charge on any atom is -0.464 e. The minimum absolute atomic E-state index is 0.147. The molecule has 2 aromatic carbocycles. The molecule has 0 aliphatic carbocycles. The molecule has 1 heterocycles. The van der Waals surface area contributed by atoms with Crippen molar-refractivity contribution >= 4 is 28.5 Å². The second-order valence-corrected chi connectivity index (χ2v) is 8.82. The van der Waals surface area contributed by atoms with Crippen molar-refractivity contribution in [2.24, 2.45) is 0 Å². The molecule has 5 nitrogen and oxygen atoms in total. The van der Waals surface area contributed by atoms with Crippen LogP contribution in [0.15, 0.2) is 42.5 Å². The van der Waals surface area contributed by atoms with Gasteiger partial charge in [0.1, 0.15) is 0 Å². The molecule has 0 radical (unpaired) electrons. The number of rotatable bonds is 6. The normalized spacial score (nSPS) is 12.7. The van der Waals surface area contributed by atoms with Crippen LogP contribution in [-0.4, -0.2) is 28.3 Å². The van der Waals surface area contributed by atoms with E-state index in [9.17, 15) is 9.90 Å². The van der Waals surface area contributed by atoms with Gasteiger partial charge in [0.05, 0.1) is 30.0 Å². The molecule has 1 aromatic heterocycles. The maximum Gasteiger partial charge on any atom is 0.339 e. The van der Waals surface area contributed by atoms with Crippen LogP contribution in [0, 0.1) is 6.92 Å². The SMILES string of the molecule is CCOC(=O)[C@@H](OC(C)(C)C)c1c(C)cc2nc(CO)ccc2c1-c1ccc(Cl)cc1. The molecule has 0 spiro atoms. The van der Waals surface area contributed by atoms with Crippen molar-refractivity contribution in [3.8, 4) is 11.1 Å². The molecule has 0 unspecified atom stereocenters. The number of benzene rings is 2. The molecule has 31 heavy (non-hydrogen) atoms. The third-order valence-corrected chi connectivity index (χ3v) is 5.08. The summed E-state index contributed by atoms with van der Waals surface area (Å²) in [6, 6.07) is 13.1. The molecule has 164 valence electrons. The van der Waals surface area contributed by atoms with Gasteiger partial charge < -0.3 is 14.6 Å². The smallest absolute Gasteiger partial charge is 0.339 e. The molecular formula is C25H28ClNO4. The first-order chi connectivity index (χ1) is 14.6. The Bertz CT molecular complexity index is 1090. The Morgan fingerprint density at radius 2 is 1.84 bits per heavy atom. The number of carbonyl (C=O) groups is 1. The van der Waals surface area contributed by atoms with Gasteiger partial charge in [-0.25, -0.2) is 4.79 Å². The first kappa shape index (κ1) is 23.2. The van der Waals surface area contributed by atoms with E-state index in [2.05, 4.69) is 4.98 Å². The summed E-state index contributed by atoms with van der Waals surface area (Å²) in [7, 11) is 0. The molecule has 0 saturated heterocycles. The van der Waals surface area contributed by atoms with Crippen LogP contribution in [0.3, 0.4) is 0 Å². The zero-order valence-corrected chi connectivity index (χ0v) is 19.3. The maximum absolute atomic E-state index is 13.0. The Balaban J connectivity index is 2.37. The lowest BCUT2D eigenvalue weighted by Gasteiger charge is -2.29. The van der Waals surface area contributed by atoms with Gasteiger partial charge >= 0.3 is 5.97 Å². The lowest BCUT2D eigenvalue weighted by Crippen LogP contribution is -2.29. The van der Waals surface area contributed by atoms with Gasteiger partial charge in [-0.2, -0.15) is 0 Å². The van der Waals surface area contributed by atoms with Crippen molar-refractivity contribution in [3.05, 3.63) is 64.3 Å². The van der Waals surface area contributed by atoms with Gasteiger partial charge in [-0.3, -0.25) is 4.98 Å². The van der Waals surface area contributed by atoms with Gasteiger partial charge in [-0.05, 0) is 75.6 Å². The molecule has 1 N–H and O–H groups in total. The second-order valence-electron chi connectivity index (χ2n) is 8.38. The number of ether oxygens (including phenoxy) is 2. The Hall–Kier alpha value is -2.47. The topological polar surface area (TPSA) is 68.7 Å². The van der Waals surface area contributed by atoms with Crippen molar-refractivity contribution in [2.75, 3.05) is 6.61 Å². The minimum atomic E-state index is -0.910. The maximum atomic E-state index is 13.0. The van der Waals surface area contributed by atoms with Crippen LogP contribution < -0.4 is 0 Å². The molecule has 0 bridgehead atoms. The van der Waals surface area contributed by atoms with E-state index in [0.717, 1.165) is 33.2 Å². The zero-order valence-electron chi connectivity index (χ0n) is 18.5. The number of aryl methyl sites for hydroxylation is 1. The fraction of sp³-hybridized carbons (Fsp3) is 0.360. The summed E-state index contributed by atoms with van der Waals surface area (Å²) < 4.78 is 11.6. The first-order valence-corrected chi connectivity index (χ1v) is 10.7. The lowest BCUT2D eigenvalue weighted by molar-refractivity contribution is -0.166. The van der Waals surface area contributed by atoms with E-state index >= 15 is 0 Å². The fourth-order valence-corrected chi connectivity index (χ4v) is 3.74. The molecule has 0 aliphatic rings. The summed E-state index contributed by atoms with van der Waals surface area (Å²) in [6.45, 7) is 9.55. The van der Waals surface area contributed by atoms with Crippen LogP contribution >= 0.6 is 11.6 Å². The monoisotopic (exact) mass is 441 g/mol. The Morgan fingerprint density at radius 3 is 2.42 bits per heavy atom. The van der Waals surface area contributed by atoms with E-state index in [1.54, 1.807) is 13.0 Å². The third kappa shape index (κ3) is 5.24. The van der Waals surface area contributed by atoms with Crippen molar-refractivity contribution in [1.29, 1.82) is 0 Å². The number of pyridine rings is 1. The van der Waals surface area contributed by atoms with E-state index in [-0.39, 0.29) is 13.2 Å². The number of halogens is 1. The van der Waals surface area contributed by atoms with E-state index in [1.165, 1.54) is 0 Å². The third-order valence-electron chi connectivity index (χ3n) is 4.83. The van der Waals surface area contributed by atoms with Crippen molar-refractivity contribution in [2.45, 2.75) is 52.9 Å². The molecule has 3 rings (SSSR count). The summed E-state index contributed by atoms with van der Waals surface area (Å²) in [5.41, 5.74) is 4.05. The Labute approximate surface area is 188 Å². The zero-order chi connectivity index (χ0) is 22.8. The summed E-state index contributed by atoms with van der Waals surface area (Å²) in [5, 5.41) is 11.0. The highest BCUT2D eigenvalue weighted by molar-refractivity contribution is 6.30. The van der Waals surface area contributed by atoms with Crippen molar-refractivity contribution < 1.29 is 19.4 Å². The van der Waals surface area contributed by atoms with E-state index in [4.69, 9.17) is 21.1 Å². The van der Waals surface area contributed by atoms with Crippen LogP contribution in [0.1, 0.15) is 50.6 Å². The number of hydrogen-bond donors (Lipinski definition) is 1. The lowest BCUT2D eigenvalue weighted by atomic mass is 9.88. The standard InChI is InChI=1S/C25H28ClNO4/c1-6-30-24(29)23(31-25(3,4)5)21-15(2)13-20-19(12-11-18(14-28)27-20)22(21)16-7-9-17(26)10-8-16/h7-13,23,28H,6,14H2,1-5H3/t23-/m0/s1. The number of aromatic nitrogens is 1. The van der Waals surface area contributed by atoms with Gasteiger partial charge in [0.2, 0.25) is 0 Å². The van der Waals surface area contributed by atoms with Gasteiger partial charge in [0.25, 0.3) is 0 Å². The predicted molar refractivity (Wildman–Crippen MR) is 123 cm³/mol. The van der Waals surface area contributed by atoms with E-state index in [1.807, 2.05) is 64.1 Å². The largest absolute Gasteiger partial charge is 0.464 e. The van der Waals surface area contributed by atoms with E-state index < -0.39 is 17.7 Å². The van der Waals surface area contributed by atoms with Crippen LogP contribution in [0.25, 0.3) is 22.0 Å². The summed E-state index contributed by atoms with van der Waals surface area (Å²) in [4.78, 5) is 17.6. The van der Waals surface area contributed by atoms with Crippen molar-refractivity contribution in [3.63, 3.8) is 0 Å². The highest BCUT2D eigenvalue weighted by Gasteiger charge is 2.33. The number of carbonyl (C=O) groups excluding carboxylic acids is 1. The predicted octanol–water partition coefficient (Wildman–Crippen LogP) is 5.78. The Kier molecular flexibility index (Phi) is 6.99. The Morgan fingerprint density at radius 1 is 1.16 bits per heavy atom. The average Bonchev–Trinajstić information content (AvgIpc) is 2.71. The number of nitrogens with zero attached hydrogens (tertiary/aromatic N) is 1. The van der Waals surface area contributed by atoms with Crippen LogP contribution in [0.4, 0.5) is 0 Å². The first-order valence-electron chi connectivity index (χ1n) is 10.3. The molecule has 1 atom stereocenters. The fourth-order valence-electron chi connectivity index (χ4n) is 3.61. The molecule has 6 heteroatoms. The van der Waals surface area contributed by atoms with Crippen LogP contribution in [-0.2, 0) is 20.9 Å². The van der Waals surface area contributed by atoms with Gasteiger partial charge in [-0.1, -0.05) is 29.8 Å².